The Balaban J connectivity index is 0.000000251. The summed E-state index contributed by atoms with van der Waals surface area (Å²) in [6, 6.07) is 25.4. The second-order valence-electron chi connectivity index (χ2n) is 17.7. The lowest BCUT2D eigenvalue weighted by Gasteiger charge is -2.35. The van der Waals surface area contributed by atoms with E-state index in [1.54, 1.807) is 31.2 Å². The predicted octanol–water partition coefficient (Wildman–Crippen LogP) is 13.2. The molecule has 1 N–H and O–H groups in total. The molecule has 0 bridgehead atoms. The van der Waals surface area contributed by atoms with Crippen LogP contribution in [0.3, 0.4) is 0 Å². The number of ether oxygens (including phenoxy) is 6. The molecule has 0 spiro atoms. The van der Waals surface area contributed by atoms with E-state index >= 15 is 8.78 Å². The fourth-order valence-electron chi connectivity index (χ4n) is 9.69. The molecule has 6 rings (SSSR count). The van der Waals surface area contributed by atoms with Gasteiger partial charge in [0.25, 0.3) is 0 Å². The van der Waals surface area contributed by atoms with E-state index in [1.165, 1.54) is 39.5 Å². The molecule has 0 heterocycles. The van der Waals surface area contributed by atoms with Gasteiger partial charge in [0.1, 0.15) is 13.2 Å². The van der Waals surface area contributed by atoms with Gasteiger partial charge in [-0.05, 0) is 118 Å². The van der Waals surface area contributed by atoms with Crippen molar-refractivity contribution < 1.29 is 51.9 Å². The number of aliphatic hydroxyl groups is 1. The van der Waals surface area contributed by atoms with Crippen LogP contribution < -0.4 is 18.9 Å². The quantitative estimate of drug-likeness (QED) is 0.0645. The molecule has 2 atom stereocenters. The summed E-state index contributed by atoms with van der Waals surface area (Å²) in [5, 5.41) is 11.4. The number of esters is 2. The zero-order valence-electron chi connectivity index (χ0n) is 40.4. The highest BCUT2D eigenvalue weighted by atomic mass is 19.1. The predicted molar refractivity (Wildman–Crippen MR) is 258 cm³/mol. The maximum atomic E-state index is 15.4. The van der Waals surface area contributed by atoms with Crippen molar-refractivity contribution in [3.05, 3.63) is 124 Å². The van der Waals surface area contributed by atoms with Crippen LogP contribution in [0.25, 0.3) is 6.08 Å². The van der Waals surface area contributed by atoms with Gasteiger partial charge in [-0.3, -0.25) is 4.79 Å². The number of carbonyl (C=O) groups excluding carboxylic acids is 2. The third-order valence-corrected chi connectivity index (χ3v) is 13.2. The van der Waals surface area contributed by atoms with E-state index in [0.29, 0.717) is 30.3 Å². The van der Waals surface area contributed by atoms with E-state index in [0.717, 1.165) is 74.8 Å². The first kappa shape index (κ1) is 52.5. The Labute approximate surface area is 397 Å². The number of hydrogen-bond acceptors (Lipinski definition) is 9. The molecule has 364 valence electrons. The van der Waals surface area contributed by atoms with E-state index < -0.39 is 29.6 Å². The molecule has 0 aromatic heterocycles. The third-order valence-electron chi connectivity index (χ3n) is 13.2. The first-order chi connectivity index (χ1) is 32.6. The SMILES string of the molecule is CCCC1CCC(C(=Cc2ccc(OCC)c(F)c2OCc2ccccc2)C(=O)OC)CC1.CCCC1CCC(C(C(=O)OC)C(O)c2ccc(OCC)c(F)c2OCc2ccccc2)CC1. The van der Waals surface area contributed by atoms with Gasteiger partial charge in [0.15, 0.2) is 23.0 Å². The van der Waals surface area contributed by atoms with Gasteiger partial charge in [0, 0.05) is 16.7 Å². The number of carbonyl (C=O) groups is 2. The Bertz CT molecular complexity index is 2140. The minimum Gasteiger partial charge on any atom is -0.491 e. The summed E-state index contributed by atoms with van der Waals surface area (Å²) in [4.78, 5) is 25.6. The van der Waals surface area contributed by atoms with Crippen molar-refractivity contribution in [3.63, 3.8) is 0 Å². The number of halogens is 2. The summed E-state index contributed by atoms with van der Waals surface area (Å²) in [5.41, 5.74) is 3.13. The topological polar surface area (TPSA) is 110 Å². The average molecular weight is 927 g/mol. The smallest absolute Gasteiger partial charge is 0.334 e. The lowest BCUT2D eigenvalue weighted by atomic mass is 9.72. The summed E-state index contributed by atoms with van der Waals surface area (Å²) in [6.07, 6.45) is 13.0. The Morgan fingerprint density at radius 3 is 1.61 bits per heavy atom. The summed E-state index contributed by atoms with van der Waals surface area (Å²) in [7, 11) is 2.72. The summed E-state index contributed by atoms with van der Waals surface area (Å²) < 4.78 is 63.7. The monoisotopic (exact) mass is 927 g/mol. The summed E-state index contributed by atoms with van der Waals surface area (Å²) >= 11 is 0. The maximum absolute atomic E-state index is 15.4. The Morgan fingerprint density at radius 2 is 1.12 bits per heavy atom. The zero-order chi connectivity index (χ0) is 48.1. The fraction of sp³-hybridized carbons (Fsp3) is 0.500. The number of hydrogen-bond donors (Lipinski definition) is 1. The number of methoxy groups -OCH3 is 2. The molecule has 0 aliphatic heterocycles. The molecule has 2 aliphatic carbocycles. The van der Waals surface area contributed by atoms with Crippen molar-refractivity contribution in [3.8, 4) is 23.0 Å². The van der Waals surface area contributed by atoms with Crippen molar-refractivity contribution in [2.24, 2.45) is 29.6 Å². The van der Waals surface area contributed by atoms with Gasteiger partial charge in [-0.2, -0.15) is 8.78 Å². The van der Waals surface area contributed by atoms with Crippen LogP contribution in [0.5, 0.6) is 23.0 Å². The fourth-order valence-corrected chi connectivity index (χ4v) is 9.69. The average Bonchev–Trinajstić information content (AvgIpc) is 3.35. The maximum Gasteiger partial charge on any atom is 0.334 e. The highest BCUT2D eigenvalue weighted by molar-refractivity contribution is 5.94. The standard InChI is InChI=1S/C28H37FO5.C28H35FO4/c1-4-9-19-12-14-21(15-13-19)24(28(31)32-3)26(30)22-16-17-23(33-5-2)25(29)27(22)34-18-20-10-7-6-8-11-20;1-4-9-20-12-14-22(15-13-20)24(28(30)31-3)18-23-16-17-25(32-5-2)26(29)27(23)33-19-21-10-7-6-8-11-21/h6-8,10-11,16-17,19,21,24,26,30H,4-5,9,12-15,18H2,1-3H3;6-8,10-11,16-18,20,22H,4-5,9,12-15,19H2,1-3H3. The molecule has 0 saturated heterocycles. The van der Waals surface area contributed by atoms with Gasteiger partial charge in [-0.1, -0.05) is 113 Å². The molecule has 0 radical (unpaired) electrons. The van der Waals surface area contributed by atoms with E-state index in [-0.39, 0.29) is 59.6 Å². The Morgan fingerprint density at radius 1 is 0.627 bits per heavy atom. The molecule has 67 heavy (non-hydrogen) atoms. The summed E-state index contributed by atoms with van der Waals surface area (Å²) in [5.74, 6) is -1.23. The van der Waals surface area contributed by atoms with Crippen LogP contribution in [0.2, 0.25) is 0 Å². The molecule has 2 unspecified atom stereocenters. The minimum atomic E-state index is -1.25. The minimum absolute atomic E-state index is 0.0350. The van der Waals surface area contributed by atoms with Crippen molar-refractivity contribution in [1.29, 1.82) is 0 Å². The van der Waals surface area contributed by atoms with Crippen molar-refractivity contribution in [2.75, 3.05) is 27.4 Å². The van der Waals surface area contributed by atoms with Gasteiger partial charge in [-0.15, -0.1) is 0 Å². The number of aliphatic hydroxyl groups excluding tert-OH is 1. The highest BCUT2D eigenvalue weighted by Gasteiger charge is 2.40. The van der Waals surface area contributed by atoms with E-state index in [1.807, 2.05) is 67.6 Å². The van der Waals surface area contributed by atoms with E-state index in [4.69, 9.17) is 28.4 Å². The molecule has 9 nitrogen and oxygen atoms in total. The van der Waals surface area contributed by atoms with Crippen LogP contribution in [0, 0.1) is 41.2 Å². The van der Waals surface area contributed by atoms with Crippen LogP contribution in [0.4, 0.5) is 8.78 Å². The zero-order valence-corrected chi connectivity index (χ0v) is 40.4. The van der Waals surface area contributed by atoms with Crippen LogP contribution in [0.1, 0.15) is 133 Å². The van der Waals surface area contributed by atoms with Gasteiger partial charge in [0.05, 0.1) is 39.5 Å². The molecule has 2 aliphatic rings. The first-order valence-electron chi connectivity index (χ1n) is 24.4. The van der Waals surface area contributed by atoms with Gasteiger partial charge >= 0.3 is 11.9 Å². The number of rotatable bonds is 21. The molecule has 2 saturated carbocycles. The molecule has 4 aromatic carbocycles. The highest BCUT2D eigenvalue weighted by Crippen LogP contribution is 2.45. The van der Waals surface area contributed by atoms with Crippen molar-refractivity contribution in [1.82, 2.24) is 0 Å². The molecule has 4 aromatic rings. The second kappa shape index (κ2) is 27.4. The number of benzene rings is 4. The Kier molecular flexibility index (Phi) is 21.5. The lowest BCUT2D eigenvalue weighted by molar-refractivity contribution is -0.153. The van der Waals surface area contributed by atoms with Crippen LogP contribution >= 0.6 is 0 Å². The van der Waals surface area contributed by atoms with Crippen molar-refractivity contribution >= 4 is 18.0 Å². The molecule has 2 fully saturated rings. The van der Waals surface area contributed by atoms with E-state index in [9.17, 15) is 14.7 Å². The van der Waals surface area contributed by atoms with Crippen LogP contribution in [-0.4, -0.2) is 44.5 Å². The molecular weight excluding hydrogens is 855 g/mol. The van der Waals surface area contributed by atoms with Gasteiger partial charge < -0.3 is 33.5 Å². The molecule has 11 heteroatoms. The Hall–Kier alpha value is -5.42. The second-order valence-corrected chi connectivity index (χ2v) is 17.7. The summed E-state index contributed by atoms with van der Waals surface area (Å²) in [6.45, 7) is 8.95. The molecular formula is C56H72F2O9. The van der Waals surface area contributed by atoms with E-state index in [2.05, 4.69) is 13.8 Å². The third kappa shape index (κ3) is 14.8. The molecule has 0 amide bonds. The van der Waals surface area contributed by atoms with Crippen LogP contribution in [-0.2, 0) is 32.3 Å². The van der Waals surface area contributed by atoms with Crippen LogP contribution in [0.15, 0.2) is 90.5 Å². The first-order valence-corrected chi connectivity index (χ1v) is 24.4. The van der Waals surface area contributed by atoms with Gasteiger partial charge in [0.2, 0.25) is 11.6 Å². The van der Waals surface area contributed by atoms with Gasteiger partial charge in [-0.25, -0.2) is 4.79 Å². The van der Waals surface area contributed by atoms with Crippen molar-refractivity contribution in [2.45, 2.75) is 124 Å². The normalized spacial score (nSPS) is 19.2. The largest absolute Gasteiger partial charge is 0.491 e. The lowest BCUT2D eigenvalue weighted by Crippen LogP contribution is -2.33.